The largest absolute Gasteiger partial charge is 0.383 e. The second kappa shape index (κ2) is 7.73. The Morgan fingerprint density at radius 1 is 1.43 bits per heavy atom. The van der Waals surface area contributed by atoms with Crippen LogP contribution in [0.2, 0.25) is 0 Å². The molecule has 1 aliphatic rings. The molecule has 1 aliphatic carbocycles. The summed E-state index contributed by atoms with van der Waals surface area (Å²) in [5.41, 5.74) is 6.69. The minimum atomic E-state index is -0.648. The maximum Gasteiger partial charge on any atom is 0.239 e. The van der Waals surface area contributed by atoms with E-state index in [-0.39, 0.29) is 36.2 Å². The van der Waals surface area contributed by atoms with Crippen molar-refractivity contribution in [3.05, 3.63) is 35.6 Å². The van der Waals surface area contributed by atoms with E-state index in [0.29, 0.717) is 6.54 Å². The number of halogens is 2. The van der Waals surface area contributed by atoms with Gasteiger partial charge in [-0.3, -0.25) is 4.79 Å². The van der Waals surface area contributed by atoms with Gasteiger partial charge in [-0.1, -0.05) is 18.6 Å². The number of nitrogens with two attached hydrogens (primary N) is 1. The zero-order valence-corrected chi connectivity index (χ0v) is 12.9. The van der Waals surface area contributed by atoms with Crippen molar-refractivity contribution in [3.8, 4) is 0 Å². The van der Waals surface area contributed by atoms with Crippen LogP contribution in [0.3, 0.4) is 0 Å². The fraction of sp³-hybridized carbons (Fsp3) is 0.533. The van der Waals surface area contributed by atoms with Gasteiger partial charge in [-0.25, -0.2) is 4.39 Å². The van der Waals surface area contributed by atoms with Gasteiger partial charge in [0, 0.05) is 19.1 Å². The van der Waals surface area contributed by atoms with E-state index in [9.17, 15) is 9.18 Å². The van der Waals surface area contributed by atoms with Crippen LogP contribution in [0.4, 0.5) is 4.39 Å². The first-order valence-electron chi connectivity index (χ1n) is 6.86. The second-order valence-electron chi connectivity index (χ2n) is 5.42. The van der Waals surface area contributed by atoms with E-state index in [1.165, 1.54) is 19.2 Å². The predicted octanol–water partition coefficient (Wildman–Crippen LogP) is 1.76. The maximum absolute atomic E-state index is 13.0. The average molecular weight is 317 g/mol. The van der Waals surface area contributed by atoms with Gasteiger partial charge in [0.15, 0.2) is 0 Å². The van der Waals surface area contributed by atoms with Gasteiger partial charge >= 0.3 is 0 Å². The average Bonchev–Trinajstić information content (AvgIpc) is 2.39. The van der Waals surface area contributed by atoms with Crippen LogP contribution in [0, 0.1) is 5.82 Å². The molecule has 3 N–H and O–H groups in total. The van der Waals surface area contributed by atoms with Crippen molar-refractivity contribution in [2.45, 2.75) is 30.7 Å². The lowest BCUT2D eigenvalue weighted by molar-refractivity contribution is -0.123. The molecule has 6 heteroatoms. The molecule has 0 heterocycles. The number of hydrogen-bond acceptors (Lipinski definition) is 3. The summed E-state index contributed by atoms with van der Waals surface area (Å²) in [5, 5.41) is 2.89. The highest BCUT2D eigenvalue weighted by Crippen LogP contribution is 2.43. The Labute approximate surface area is 130 Å². The molecule has 118 valence electrons. The van der Waals surface area contributed by atoms with Gasteiger partial charge < -0.3 is 15.8 Å². The van der Waals surface area contributed by atoms with Crippen molar-refractivity contribution in [1.82, 2.24) is 5.32 Å². The van der Waals surface area contributed by atoms with Crippen LogP contribution in [0.25, 0.3) is 0 Å². The molecule has 1 aromatic carbocycles. The van der Waals surface area contributed by atoms with Crippen molar-refractivity contribution < 1.29 is 13.9 Å². The number of benzene rings is 1. The molecule has 1 atom stereocenters. The van der Waals surface area contributed by atoms with Gasteiger partial charge in [0.2, 0.25) is 5.91 Å². The summed E-state index contributed by atoms with van der Waals surface area (Å²) in [4.78, 5) is 11.8. The SMILES string of the molecule is COCC(N)C(=O)NCC1(c2ccc(F)cc2)CCC1.Cl. The number of hydrogen-bond donors (Lipinski definition) is 2. The molecular formula is C15H22ClFN2O2. The summed E-state index contributed by atoms with van der Waals surface area (Å²) in [5.74, 6) is -0.449. The summed E-state index contributed by atoms with van der Waals surface area (Å²) in [6.45, 7) is 0.740. The lowest BCUT2D eigenvalue weighted by Gasteiger charge is -2.42. The zero-order valence-electron chi connectivity index (χ0n) is 12.1. The van der Waals surface area contributed by atoms with Crippen LogP contribution in [0.5, 0.6) is 0 Å². The first-order chi connectivity index (χ1) is 9.57. The van der Waals surface area contributed by atoms with Crippen LogP contribution < -0.4 is 11.1 Å². The number of carbonyl (C=O) groups is 1. The molecule has 1 aromatic rings. The van der Waals surface area contributed by atoms with E-state index in [1.807, 2.05) is 0 Å². The summed E-state index contributed by atoms with van der Waals surface area (Å²) in [6.07, 6.45) is 3.12. The Kier molecular flexibility index (Phi) is 6.58. The smallest absolute Gasteiger partial charge is 0.239 e. The lowest BCUT2D eigenvalue weighted by atomic mass is 9.64. The Morgan fingerprint density at radius 3 is 2.52 bits per heavy atom. The third-order valence-corrected chi connectivity index (χ3v) is 4.05. The Hall–Kier alpha value is -1.17. The molecule has 21 heavy (non-hydrogen) atoms. The molecule has 0 saturated heterocycles. The third-order valence-electron chi connectivity index (χ3n) is 4.05. The molecule has 0 spiro atoms. The van der Waals surface area contributed by atoms with Crippen molar-refractivity contribution >= 4 is 18.3 Å². The summed E-state index contributed by atoms with van der Waals surface area (Å²) < 4.78 is 17.9. The number of amides is 1. The van der Waals surface area contributed by atoms with E-state index in [0.717, 1.165) is 24.8 Å². The van der Waals surface area contributed by atoms with Gasteiger partial charge in [0.25, 0.3) is 0 Å². The van der Waals surface area contributed by atoms with Crippen LogP contribution >= 0.6 is 12.4 Å². The number of nitrogens with one attached hydrogen (secondary N) is 1. The zero-order chi connectivity index (χ0) is 14.6. The minimum Gasteiger partial charge on any atom is -0.383 e. The van der Waals surface area contributed by atoms with E-state index in [2.05, 4.69) is 5.32 Å². The van der Waals surface area contributed by atoms with E-state index in [1.54, 1.807) is 12.1 Å². The highest BCUT2D eigenvalue weighted by atomic mass is 35.5. The summed E-state index contributed by atoms with van der Waals surface area (Å²) >= 11 is 0. The van der Waals surface area contributed by atoms with E-state index in [4.69, 9.17) is 10.5 Å². The second-order valence-corrected chi connectivity index (χ2v) is 5.42. The molecular weight excluding hydrogens is 295 g/mol. The fourth-order valence-electron chi connectivity index (χ4n) is 2.62. The molecule has 0 radical (unpaired) electrons. The fourth-order valence-corrected chi connectivity index (χ4v) is 2.62. The highest BCUT2D eigenvalue weighted by molar-refractivity contribution is 5.85. The molecule has 1 amide bonds. The maximum atomic E-state index is 13.0. The topological polar surface area (TPSA) is 64.3 Å². The lowest BCUT2D eigenvalue weighted by Crippen LogP contribution is -2.50. The van der Waals surface area contributed by atoms with Crippen molar-refractivity contribution in [2.75, 3.05) is 20.3 Å². The third kappa shape index (κ3) is 4.15. The highest BCUT2D eigenvalue weighted by Gasteiger charge is 2.39. The molecule has 2 rings (SSSR count). The first kappa shape index (κ1) is 17.9. The van der Waals surface area contributed by atoms with Crippen molar-refractivity contribution in [2.24, 2.45) is 5.73 Å². The van der Waals surface area contributed by atoms with Gasteiger partial charge in [0.1, 0.15) is 11.9 Å². The van der Waals surface area contributed by atoms with Gasteiger partial charge in [-0.15, -0.1) is 12.4 Å². The molecule has 0 bridgehead atoms. The van der Waals surface area contributed by atoms with Crippen LogP contribution in [0.15, 0.2) is 24.3 Å². The number of carbonyl (C=O) groups excluding carboxylic acids is 1. The van der Waals surface area contributed by atoms with E-state index >= 15 is 0 Å². The number of methoxy groups -OCH3 is 1. The Balaban J connectivity index is 0.00000220. The molecule has 1 saturated carbocycles. The normalized spacial score (nSPS) is 17.3. The minimum absolute atomic E-state index is 0. The van der Waals surface area contributed by atoms with Gasteiger partial charge in [0.05, 0.1) is 6.61 Å². The van der Waals surface area contributed by atoms with Gasteiger partial charge in [-0.2, -0.15) is 0 Å². The quantitative estimate of drug-likeness (QED) is 0.840. The van der Waals surface area contributed by atoms with Crippen molar-refractivity contribution in [1.29, 1.82) is 0 Å². The van der Waals surface area contributed by atoms with Crippen LogP contribution in [-0.4, -0.2) is 32.2 Å². The van der Waals surface area contributed by atoms with Crippen molar-refractivity contribution in [3.63, 3.8) is 0 Å². The van der Waals surface area contributed by atoms with E-state index < -0.39 is 6.04 Å². The molecule has 1 fully saturated rings. The standard InChI is InChI=1S/C15H21FN2O2.ClH/c1-20-9-13(17)14(19)18-10-15(7-2-8-15)11-3-5-12(16)6-4-11;/h3-6,13H,2,7-10,17H2,1H3,(H,18,19);1H. The molecule has 4 nitrogen and oxygen atoms in total. The Bertz CT molecular complexity index is 463. The number of ether oxygens (including phenoxy) is 1. The predicted molar refractivity (Wildman–Crippen MR) is 82.0 cm³/mol. The molecule has 1 unspecified atom stereocenters. The monoisotopic (exact) mass is 316 g/mol. The first-order valence-corrected chi connectivity index (χ1v) is 6.86. The summed E-state index contributed by atoms with van der Waals surface area (Å²) in [7, 11) is 1.51. The van der Waals surface area contributed by atoms with Gasteiger partial charge in [-0.05, 0) is 30.5 Å². The molecule has 0 aromatic heterocycles. The summed E-state index contributed by atoms with van der Waals surface area (Å²) in [6, 6.07) is 5.89. The number of rotatable bonds is 6. The Morgan fingerprint density at radius 2 is 2.05 bits per heavy atom. The van der Waals surface area contributed by atoms with Crippen LogP contribution in [0.1, 0.15) is 24.8 Å². The van der Waals surface area contributed by atoms with Crippen LogP contribution in [-0.2, 0) is 14.9 Å². The molecule has 0 aliphatic heterocycles.